The van der Waals surface area contributed by atoms with Gasteiger partial charge >= 0.3 is 0 Å². The van der Waals surface area contributed by atoms with Gasteiger partial charge in [-0.2, -0.15) is 8.75 Å². The van der Waals surface area contributed by atoms with E-state index < -0.39 is 16.1 Å². The molecule has 2 N–H and O–H groups in total. The molecule has 2 aliphatic rings. The van der Waals surface area contributed by atoms with E-state index in [2.05, 4.69) is 41.9 Å². The van der Waals surface area contributed by atoms with Gasteiger partial charge in [-0.15, -0.1) is 0 Å². The number of aromatic nitrogens is 2. The molecule has 2 aliphatic heterocycles. The van der Waals surface area contributed by atoms with Crippen LogP contribution < -0.4 is 14.8 Å². The zero-order chi connectivity index (χ0) is 30.8. The topological polar surface area (TPSA) is 114 Å². The van der Waals surface area contributed by atoms with E-state index in [0.717, 1.165) is 59.0 Å². The Kier molecular flexibility index (Phi) is 8.50. The number of rotatable bonds is 9. The van der Waals surface area contributed by atoms with E-state index in [1.54, 1.807) is 36.4 Å². The molecule has 9 nitrogen and oxygen atoms in total. The van der Waals surface area contributed by atoms with Gasteiger partial charge in [0.05, 0.1) is 35.3 Å². The van der Waals surface area contributed by atoms with Gasteiger partial charge in [0.25, 0.3) is 0 Å². The largest absolute Gasteiger partial charge is 0.493 e. The summed E-state index contributed by atoms with van der Waals surface area (Å²) < 4.78 is 44.8. The van der Waals surface area contributed by atoms with Crippen LogP contribution in [0.1, 0.15) is 60.9 Å². The average Bonchev–Trinajstić information content (AvgIpc) is 3.53. The van der Waals surface area contributed by atoms with Crippen LogP contribution in [0.15, 0.2) is 83.8 Å². The van der Waals surface area contributed by atoms with E-state index in [4.69, 9.17) is 4.74 Å². The number of carbonyl (C=O) groups excluding carboxylic acids is 1. The Labute approximate surface area is 267 Å². The Morgan fingerprint density at radius 2 is 1.76 bits per heavy atom. The molecule has 0 spiro atoms. The third-order valence-corrected chi connectivity index (χ3v) is 10.7. The van der Waals surface area contributed by atoms with Gasteiger partial charge < -0.3 is 10.1 Å². The molecule has 0 aliphatic carbocycles. The highest BCUT2D eigenvalue weighted by Gasteiger charge is 2.28. The van der Waals surface area contributed by atoms with Crippen molar-refractivity contribution in [3.63, 3.8) is 0 Å². The summed E-state index contributed by atoms with van der Waals surface area (Å²) in [5.41, 5.74) is 4.18. The first-order valence-electron chi connectivity index (χ1n) is 15.4. The fourth-order valence-corrected chi connectivity index (χ4v) is 8.11. The molecule has 1 amide bonds. The Bertz CT molecular complexity index is 1960. The second-order valence-corrected chi connectivity index (χ2v) is 14.1. The van der Waals surface area contributed by atoms with Gasteiger partial charge in [0.1, 0.15) is 16.8 Å². The molecule has 1 aromatic heterocycles. The lowest BCUT2D eigenvalue weighted by Gasteiger charge is -2.29. The number of carbonyl (C=O) groups is 1. The van der Waals surface area contributed by atoms with E-state index in [0.29, 0.717) is 24.1 Å². The fourth-order valence-electron chi connectivity index (χ4n) is 6.33. The van der Waals surface area contributed by atoms with E-state index in [1.165, 1.54) is 24.8 Å². The second kappa shape index (κ2) is 12.8. The summed E-state index contributed by atoms with van der Waals surface area (Å²) >= 11 is 1.09. The summed E-state index contributed by atoms with van der Waals surface area (Å²) in [6.07, 6.45) is 4.32. The van der Waals surface area contributed by atoms with Crippen LogP contribution in [-0.2, 0) is 21.4 Å². The summed E-state index contributed by atoms with van der Waals surface area (Å²) in [5.74, 6) is 0.545. The van der Waals surface area contributed by atoms with Crippen LogP contribution in [-0.4, -0.2) is 47.7 Å². The summed E-state index contributed by atoms with van der Waals surface area (Å²) in [5, 5.41) is 4.94. The van der Waals surface area contributed by atoms with Crippen LogP contribution in [0.5, 0.6) is 5.75 Å². The highest BCUT2D eigenvalue weighted by atomic mass is 32.2. The van der Waals surface area contributed by atoms with Gasteiger partial charge in [-0.25, -0.2) is 13.1 Å². The van der Waals surface area contributed by atoms with Crippen LogP contribution >= 0.6 is 11.7 Å². The van der Waals surface area contributed by atoms with Crippen LogP contribution in [0.2, 0.25) is 0 Å². The van der Waals surface area contributed by atoms with Crippen molar-refractivity contribution in [3.05, 3.63) is 95.6 Å². The Balaban J connectivity index is 1.11. The molecule has 232 valence electrons. The minimum atomic E-state index is -3.97. The van der Waals surface area contributed by atoms with Gasteiger partial charge in [0.2, 0.25) is 15.9 Å². The lowest BCUT2D eigenvalue weighted by Crippen LogP contribution is -2.36. The number of hydrogen-bond acceptors (Lipinski definition) is 8. The van der Waals surface area contributed by atoms with Crippen molar-refractivity contribution in [1.29, 1.82) is 0 Å². The van der Waals surface area contributed by atoms with Crippen LogP contribution in [0.25, 0.3) is 21.8 Å². The van der Waals surface area contributed by atoms with E-state index in [1.807, 2.05) is 24.3 Å². The predicted molar refractivity (Wildman–Crippen MR) is 176 cm³/mol. The monoisotopic (exact) mass is 641 g/mol. The summed E-state index contributed by atoms with van der Waals surface area (Å²) in [6.45, 7) is 3.63. The van der Waals surface area contributed by atoms with Crippen LogP contribution in [0, 0.1) is 0 Å². The number of piperidine rings is 1. The van der Waals surface area contributed by atoms with Gasteiger partial charge in [0, 0.05) is 24.9 Å². The maximum absolute atomic E-state index is 13.7. The highest BCUT2D eigenvalue weighted by Crippen LogP contribution is 2.34. The number of nitrogens with one attached hydrogen (secondary N) is 2. The number of likely N-dealkylation sites (tertiary alicyclic amines) is 1. The lowest BCUT2D eigenvalue weighted by molar-refractivity contribution is -0.122. The van der Waals surface area contributed by atoms with Gasteiger partial charge in [0.15, 0.2) is 0 Å². The number of ether oxygens (including phenoxy) is 1. The molecule has 2 atom stereocenters. The van der Waals surface area contributed by atoms with Crippen molar-refractivity contribution in [2.75, 3.05) is 19.7 Å². The van der Waals surface area contributed by atoms with Crippen LogP contribution in [0.4, 0.5) is 0 Å². The first kappa shape index (κ1) is 29.8. The molecule has 0 saturated carbocycles. The van der Waals surface area contributed by atoms with E-state index in [-0.39, 0.29) is 23.3 Å². The fraction of sp³-hybridized carbons (Fsp3) is 0.324. The molecule has 11 heteroatoms. The predicted octanol–water partition coefficient (Wildman–Crippen LogP) is 5.88. The number of sulfonamides is 1. The molecule has 3 heterocycles. The smallest absolute Gasteiger partial charge is 0.241 e. The molecule has 1 saturated heterocycles. The summed E-state index contributed by atoms with van der Waals surface area (Å²) in [4.78, 5) is 16.2. The minimum Gasteiger partial charge on any atom is -0.493 e. The Morgan fingerprint density at radius 3 is 2.62 bits per heavy atom. The number of hydrogen-bond donors (Lipinski definition) is 2. The minimum absolute atomic E-state index is 0.0877. The maximum Gasteiger partial charge on any atom is 0.241 e. The van der Waals surface area contributed by atoms with Crippen molar-refractivity contribution in [1.82, 2.24) is 23.7 Å². The third-order valence-electron chi connectivity index (χ3n) is 8.71. The lowest BCUT2D eigenvalue weighted by atomic mass is 9.97. The third kappa shape index (κ3) is 6.72. The molecule has 0 bridgehead atoms. The molecule has 2 unspecified atom stereocenters. The SMILES string of the molecule is O=C(CC(NS(=O)(=O)c1ccc2ccccc2c1)c1ccc2nsnc2c1)NC1CCOc2cc(CN3CCCCC3)ccc21. The quantitative estimate of drug-likeness (QED) is 0.207. The van der Waals surface area contributed by atoms with Crippen molar-refractivity contribution in [2.24, 2.45) is 0 Å². The van der Waals surface area contributed by atoms with Crippen molar-refractivity contribution >= 4 is 49.5 Å². The zero-order valence-electron chi connectivity index (χ0n) is 24.8. The molecule has 0 radical (unpaired) electrons. The normalized spacial score (nSPS) is 17.9. The molecule has 5 aromatic rings. The molecular formula is C34H35N5O4S2. The van der Waals surface area contributed by atoms with Gasteiger partial charge in [-0.1, -0.05) is 55.0 Å². The van der Waals surface area contributed by atoms with Crippen LogP contribution in [0.3, 0.4) is 0 Å². The van der Waals surface area contributed by atoms with Gasteiger partial charge in [-0.05, 0) is 78.2 Å². The molecule has 1 fully saturated rings. The number of benzene rings is 4. The molecule has 45 heavy (non-hydrogen) atoms. The van der Waals surface area contributed by atoms with Crippen molar-refractivity contribution < 1.29 is 17.9 Å². The number of fused-ring (bicyclic) bond motifs is 3. The number of amides is 1. The molecule has 4 aromatic carbocycles. The highest BCUT2D eigenvalue weighted by molar-refractivity contribution is 7.89. The second-order valence-electron chi connectivity index (χ2n) is 11.9. The molecular weight excluding hydrogens is 607 g/mol. The Morgan fingerprint density at radius 1 is 0.933 bits per heavy atom. The Hall–Kier alpha value is -3.90. The summed E-state index contributed by atoms with van der Waals surface area (Å²) in [7, 11) is -3.97. The first-order valence-corrected chi connectivity index (χ1v) is 17.6. The van der Waals surface area contributed by atoms with Crippen molar-refractivity contribution in [2.45, 2.75) is 55.6 Å². The van der Waals surface area contributed by atoms with Crippen molar-refractivity contribution in [3.8, 4) is 5.75 Å². The molecule has 7 rings (SSSR count). The van der Waals surface area contributed by atoms with E-state index >= 15 is 0 Å². The first-order chi connectivity index (χ1) is 21.9. The average molecular weight is 642 g/mol. The standard InChI is InChI=1S/C34H35N5O4S2/c40-34(35-29-14-17-43-33-18-23(8-12-28(29)33)22-39-15-4-1-5-16-39)21-31(26-10-13-30-32(20-26)37-44-36-30)38-45(41,42)27-11-9-24-6-2-3-7-25(24)19-27/h2-3,6-13,18-20,29,31,38H,1,4-5,14-17,21-22H2,(H,35,40). The zero-order valence-corrected chi connectivity index (χ0v) is 26.4. The summed E-state index contributed by atoms with van der Waals surface area (Å²) in [6, 6.07) is 23.3. The van der Waals surface area contributed by atoms with Gasteiger partial charge in [-0.3, -0.25) is 9.69 Å². The maximum atomic E-state index is 13.7. The number of nitrogens with zero attached hydrogens (tertiary/aromatic N) is 3. The van der Waals surface area contributed by atoms with E-state index in [9.17, 15) is 13.2 Å².